The van der Waals surface area contributed by atoms with E-state index in [0.717, 1.165) is 21.7 Å². The quantitative estimate of drug-likeness (QED) is 0.640. The number of aromatic nitrogens is 2. The summed E-state index contributed by atoms with van der Waals surface area (Å²) in [6.45, 7) is 1.98. The molecule has 2 aromatic heterocycles. The van der Waals surface area contributed by atoms with Crippen LogP contribution in [0.5, 0.6) is 0 Å². The zero-order chi connectivity index (χ0) is 7.84. The lowest BCUT2D eigenvalue weighted by atomic mass is 10.4. The smallest absolute Gasteiger partial charge is 0.0896 e. The van der Waals surface area contributed by atoms with Crippen LogP contribution < -0.4 is 0 Å². The van der Waals surface area contributed by atoms with Crippen molar-refractivity contribution in [3.05, 3.63) is 29.0 Å². The topological polar surface area (TPSA) is 28.7 Å². The maximum atomic E-state index is 5.90. The number of pyridine rings is 1. The first-order chi connectivity index (χ1) is 5.27. The van der Waals surface area contributed by atoms with E-state index in [0.29, 0.717) is 0 Å². The molecule has 0 unspecified atom stereocenters. The molecule has 0 aliphatic rings. The Hall–Kier alpha value is -1.02. The van der Waals surface area contributed by atoms with E-state index in [2.05, 4.69) is 9.97 Å². The van der Waals surface area contributed by atoms with Crippen LogP contribution in [-0.2, 0) is 0 Å². The maximum absolute atomic E-state index is 5.90. The largest absolute Gasteiger partial charge is 0.356 e. The molecule has 11 heavy (non-hydrogen) atoms. The predicted molar refractivity (Wildman–Crippen MR) is 45.8 cm³/mol. The third-order valence-electron chi connectivity index (χ3n) is 1.60. The minimum Gasteiger partial charge on any atom is -0.356 e. The molecule has 0 aliphatic carbocycles. The molecule has 0 saturated carbocycles. The highest BCUT2D eigenvalue weighted by atomic mass is 35.5. The molecule has 2 nitrogen and oxygen atoms in total. The Morgan fingerprint density at radius 3 is 3.09 bits per heavy atom. The Labute approximate surface area is 69.2 Å². The molecule has 0 bridgehead atoms. The Kier molecular flexibility index (Phi) is 1.36. The van der Waals surface area contributed by atoms with Gasteiger partial charge in [0.05, 0.1) is 16.1 Å². The third kappa shape index (κ3) is 0.994. The van der Waals surface area contributed by atoms with Gasteiger partial charge in [0.15, 0.2) is 0 Å². The van der Waals surface area contributed by atoms with Crippen molar-refractivity contribution in [2.75, 3.05) is 0 Å². The molecule has 3 heteroatoms. The molecule has 0 amide bonds. The first kappa shape index (κ1) is 6.68. The molecular weight excluding hydrogens is 160 g/mol. The van der Waals surface area contributed by atoms with Crippen molar-refractivity contribution in [1.82, 2.24) is 9.97 Å². The van der Waals surface area contributed by atoms with E-state index in [9.17, 15) is 0 Å². The summed E-state index contributed by atoms with van der Waals surface area (Å²) >= 11 is 5.90. The lowest BCUT2D eigenvalue weighted by molar-refractivity contribution is 1.30. The zero-order valence-corrected chi connectivity index (χ0v) is 6.81. The first-order valence-electron chi connectivity index (χ1n) is 3.37. The van der Waals surface area contributed by atoms with E-state index in [1.54, 1.807) is 12.3 Å². The molecule has 56 valence electrons. The van der Waals surface area contributed by atoms with Crippen LogP contribution in [0.15, 0.2) is 18.3 Å². The number of hydrogen-bond donors (Lipinski definition) is 1. The summed E-state index contributed by atoms with van der Waals surface area (Å²) in [5, 5.41) is 0.725. The fourth-order valence-electron chi connectivity index (χ4n) is 1.12. The molecule has 1 N–H and O–H groups in total. The lowest BCUT2D eigenvalue weighted by Crippen LogP contribution is -1.73. The summed E-state index contributed by atoms with van der Waals surface area (Å²) in [5.74, 6) is 0. The lowest BCUT2D eigenvalue weighted by Gasteiger charge is -1.89. The molecule has 0 atom stereocenters. The number of fused-ring (bicyclic) bond motifs is 1. The van der Waals surface area contributed by atoms with Crippen LogP contribution in [-0.4, -0.2) is 9.97 Å². The van der Waals surface area contributed by atoms with Gasteiger partial charge < -0.3 is 4.98 Å². The maximum Gasteiger partial charge on any atom is 0.0896 e. The number of aryl methyl sites for hydroxylation is 1. The number of halogens is 1. The monoisotopic (exact) mass is 166 g/mol. The van der Waals surface area contributed by atoms with Gasteiger partial charge >= 0.3 is 0 Å². The summed E-state index contributed by atoms with van der Waals surface area (Å²) in [6.07, 6.45) is 1.71. The second-order valence-electron chi connectivity index (χ2n) is 2.51. The van der Waals surface area contributed by atoms with Gasteiger partial charge in [0, 0.05) is 11.9 Å². The molecule has 2 aromatic rings. The van der Waals surface area contributed by atoms with Crippen LogP contribution >= 0.6 is 11.6 Å². The van der Waals surface area contributed by atoms with Crippen LogP contribution in [0, 0.1) is 6.92 Å². The molecule has 0 saturated heterocycles. The van der Waals surface area contributed by atoms with E-state index in [1.165, 1.54) is 0 Å². The fraction of sp³-hybridized carbons (Fsp3) is 0.125. The van der Waals surface area contributed by atoms with Crippen LogP contribution in [0.1, 0.15) is 5.69 Å². The fourth-order valence-corrected chi connectivity index (χ4v) is 1.33. The van der Waals surface area contributed by atoms with Gasteiger partial charge in [-0.1, -0.05) is 11.6 Å². The van der Waals surface area contributed by atoms with Gasteiger partial charge in [-0.2, -0.15) is 0 Å². The molecule has 0 aromatic carbocycles. The average molecular weight is 167 g/mol. The number of rotatable bonds is 0. The Morgan fingerprint density at radius 2 is 2.36 bits per heavy atom. The molecule has 2 heterocycles. The summed E-state index contributed by atoms with van der Waals surface area (Å²) < 4.78 is 0. The SMILES string of the molecule is Cc1cc2nccc(Cl)c2[nH]1. The second-order valence-corrected chi connectivity index (χ2v) is 2.91. The zero-order valence-electron chi connectivity index (χ0n) is 6.06. The van der Waals surface area contributed by atoms with Gasteiger partial charge in [-0.3, -0.25) is 4.98 Å². The number of nitrogens with zero attached hydrogens (tertiary/aromatic N) is 1. The van der Waals surface area contributed by atoms with Crippen molar-refractivity contribution in [2.24, 2.45) is 0 Å². The Morgan fingerprint density at radius 1 is 1.55 bits per heavy atom. The van der Waals surface area contributed by atoms with Gasteiger partial charge in [0.1, 0.15) is 0 Å². The number of nitrogens with one attached hydrogen (secondary N) is 1. The number of hydrogen-bond acceptors (Lipinski definition) is 1. The van der Waals surface area contributed by atoms with Crippen molar-refractivity contribution in [1.29, 1.82) is 0 Å². The molecular formula is C8H7ClN2. The van der Waals surface area contributed by atoms with Crippen molar-refractivity contribution < 1.29 is 0 Å². The standard InChI is InChI=1S/C8H7ClN2/c1-5-4-7-8(11-5)6(9)2-3-10-7/h2-4,11H,1H3. The minimum atomic E-state index is 0.725. The van der Waals surface area contributed by atoms with Gasteiger partial charge in [-0.05, 0) is 19.1 Å². The number of aromatic amines is 1. The highest BCUT2D eigenvalue weighted by Gasteiger charge is 2.00. The van der Waals surface area contributed by atoms with Gasteiger partial charge in [-0.25, -0.2) is 0 Å². The first-order valence-corrected chi connectivity index (χ1v) is 3.75. The highest BCUT2D eigenvalue weighted by molar-refractivity contribution is 6.34. The molecule has 2 rings (SSSR count). The Balaban J connectivity index is 2.90. The van der Waals surface area contributed by atoms with Crippen molar-refractivity contribution in [3.63, 3.8) is 0 Å². The average Bonchev–Trinajstić information content (AvgIpc) is 2.31. The van der Waals surface area contributed by atoms with Crippen LogP contribution in [0.3, 0.4) is 0 Å². The van der Waals surface area contributed by atoms with Crippen molar-refractivity contribution in [3.8, 4) is 0 Å². The van der Waals surface area contributed by atoms with Crippen LogP contribution in [0.2, 0.25) is 5.02 Å². The normalized spacial score (nSPS) is 10.7. The molecule has 0 spiro atoms. The van der Waals surface area contributed by atoms with E-state index >= 15 is 0 Å². The summed E-state index contributed by atoms with van der Waals surface area (Å²) in [7, 11) is 0. The molecule has 0 aliphatic heterocycles. The van der Waals surface area contributed by atoms with E-state index < -0.39 is 0 Å². The molecule has 0 radical (unpaired) electrons. The third-order valence-corrected chi connectivity index (χ3v) is 1.92. The minimum absolute atomic E-state index is 0.725. The number of H-pyrrole nitrogens is 1. The highest BCUT2D eigenvalue weighted by Crippen LogP contribution is 2.20. The van der Waals surface area contributed by atoms with Gasteiger partial charge in [0.2, 0.25) is 0 Å². The van der Waals surface area contributed by atoms with Gasteiger partial charge in [-0.15, -0.1) is 0 Å². The van der Waals surface area contributed by atoms with Crippen LogP contribution in [0.25, 0.3) is 11.0 Å². The van der Waals surface area contributed by atoms with Crippen molar-refractivity contribution >= 4 is 22.6 Å². The molecule has 0 fully saturated rings. The second kappa shape index (κ2) is 2.24. The van der Waals surface area contributed by atoms with E-state index in [1.807, 2.05) is 13.0 Å². The Bertz CT molecular complexity index is 392. The summed E-state index contributed by atoms with van der Waals surface area (Å²) in [6, 6.07) is 3.75. The predicted octanol–water partition coefficient (Wildman–Crippen LogP) is 2.52. The summed E-state index contributed by atoms with van der Waals surface area (Å²) in [5.41, 5.74) is 2.93. The van der Waals surface area contributed by atoms with E-state index in [-0.39, 0.29) is 0 Å². The summed E-state index contributed by atoms with van der Waals surface area (Å²) in [4.78, 5) is 7.28. The van der Waals surface area contributed by atoms with Crippen LogP contribution in [0.4, 0.5) is 0 Å². The van der Waals surface area contributed by atoms with E-state index in [4.69, 9.17) is 11.6 Å². The van der Waals surface area contributed by atoms with Gasteiger partial charge in [0.25, 0.3) is 0 Å². The van der Waals surface area contributed by atoms with Crippen molar-refractivity contribution in [2.45, 2.75) is 6.92 Å².